The number of aliphatic hydroxyl groups is 1. The van der Waals surface area contributed by atoms with E-state index in [1.807, 2.05) is 4.90 Å². The monoisotopic (exact) mass is 510 g/mol. The highest BCUT2D eigenvalue weighted by atomic mass is 35.5. The normalized spacial score (nSPS) is 30.6. The van der Waals surface area contributed by atoms with Gasteiger partial charge in [0.15, 0.2) is 0 Å². The third kappa shape index (κ3) is 3.58. The van der Waals surface area contributed by atoms with E-state index in [4.69, 9.17) is 11.6 Å². The largest absolute Gasteiger partial charge is 0.394 e. The first-order chi connectivity index (χ1) is 16.3. The van der Waals surface area contributed by atoms with Crippen LogP contribution in [0.25, 0.3) is 0 Å². The van der Waals surface area contributed by atoms with E-state index in [0.717, 1.165) is 25.1 Å². The van der Waals surface area contributed by atoms with Crippen molar-refractivity contribution in [3.8, 4) is 0 Å². The molecule has 182 valence electrons. The van der Waals surface area contributed by atoms with Gasteiger partial charge in [-0.3, -0.25) is 0 Å². The molecular weight excluding hydrogens is 486 g/mol. The first-order valence-electron chi connectivity index (χ1n) is 11.6. The van der Waals surface area contributed by atoms with Crippen LogP contribution < -0.4 is 10.2 Å². The predicted molar refractivity (Wildman–Crippen MR) is 123 cm³/mol. The Morgan fingerprint density at radius 2 is 1.85 bits per heavy atom. The number of hydrogen-bond donors (Lipinski definition) is 2. The van der Waals surface area contributed by atoms with Crippen molar-refractivity contribution in [2.24, 2.45) is 11.8 Å². The van der Waals surface area contributed by atoms with Crippen molar-refractivity contribution in [3.63, 3.8) is 0 Å². The summed E-state index contributed by atoms with van der Waals surface area (Å²) in [5.41, 5.74) is -0.488. The first-order valence-corrected chi connectivity index (χ1v) is 13.1. The Morgan fingerprint density at radius 1 is 1.18 bits per heavy atom. The molecule has 4 aliphatic rings. The average molecular weight is 511 g/mol. The number of fused-ring (bicyclic) bond motifs is 3. The number of halogens is 3. The fourth-order valence-electron chi connectivity index (χ4n) is 5.91. The Bertz CT molecular complexity index is 1130. The smallest absolute Gasteiger partial charge is 0.331 e. The summed E-state index contributed by atoms with van der Waals surface area (Å²) in [6.45, 7) is 1.19. The Balaban J connectivity index is 1.32. The van der Waals surface area contributed by atoms with Crippen molar-refractivity contribution < 1.29 is 18.1 Å². The summed E-state index contributed by atoms with van der Waals surface area (Å²) in [5, 5.41) is 10.2. The molecule has 2 aromatic rings. The van der Waals surface area contributed by atoms with E-state index in [2.05, 4.69) is 25.3 Å². The second-order valence-electron chi connectivity index (χ2n) is 9.94. The number of aliphatic hydroxyl groups excluding tert-OH is 1. The summed E-state index contributed by atoms with van der Waals surface area (Å²) in [4.78, 5) is 20.0. The standard InChI is InChI=1S/C22H25ClF2N6O2S/c23-14-7-26-18(27-8-14)16-12-2-3-13(16)10-31(9-12)20-28-15-6-22(24,25)34(33)17(15)19(29-20)30-21(11-32)4-1-5-21/h7-8,12-13,16,32H,1-6,9-11H2,(H,28,29,30). The van der Waals surface area contributed by atoms with Crippen LogP contribution in [0.1, 0.15) is 49.5 Å². The average Bonchev–Trinajstić information content (AvgIpc) is 3.18. The molecule has 2 N–H and O–H groups in total. The van der Waals surface area contributed by atoms with Crippen LogP contribution >= 0.6 is 11.6 Å². The quantitative estimate of drug-likeness (QED) is 0.632. The van der Waals surface area contributed by atoms with Crippen LogP contribution in [0.2, 0.25) is 5.02 Å². The minimum atomic E-state index is -3.38. The van der Waals surface area contributed by atoms with Gasteiger partial charge in [-0.05, 0) is 43.9 Å². The maximum Gasteiger partial charge on any atom is 0.331 e. The van der Waals surface area contributed by atoms with E-state index >= 15 is 0 Å². The molecule has 0 spiro atoms. The minimum Gasteiger partial charge on any atom is -0.394 e. The van der Waals surface area contributed by atoms with Gasteiger partial charge in [-0.1, -0.05) is 11.6 Å². The molecule has 3 atom stereocenters. The molecule has 2 aliphatic carbocycles. The Labute approximate surface area is 203 Å². The lowest BCUT2D eigenvalue weighted by atomic mass is 9.77. The lowest BCUT2D eigenvalue weighted by Gasteiger charge is -2.42. The number of nitrogens with one attached hydrogen (secondary N) is 1. The van der Waals surface area contributed by atoms with Gasteiger partial charge in [0.25, 0.3) is 0 Å². The second kappa shape index (κ2) is 8.03. The highest BCUT2D eigenvalue weighted by molar-refractivity contribution is 7.86. The third-order valence-corrected chi connectivity index (χ3v) is 9.49. The van der Waals surface area contributed by atoms with Gasteiger partial charge < -0.3 is 15.3 Å². The molecule has 3 unspecified atom stereocenters. The Morgan fingerprint density at radius 3 is 2.44 bits per heavy atom. The molecule has 0 aromatic carbocycles. The molecule has 2 aromatic heterocycles. The molecule has 0 radical (unpaired) electrons. The van der Waals surface area contributed by atoms with E-state index in [1.54, 1.807) is 12.4 Å². The molecule has 2 saturated carbocycles. The molecule has 8 nitrogen and oxygen atoms in total. The van der Waals surface area contributed by atoms with Crippen molar-refractivity contribution in [3.05, 3.63) is 28.9 Å². The highest BCUT2D eigenvalue weighted by Crippen LogP contribution is 2.49. The van der Waals surface area contributed by atoms with E-state index in [0.29, 0.717) is 48.7 Å². The van der Waals surface area contributed by atoms with Gasteiger partial charge >= 0.3 is 5.25 Å². The van der Waals surface area contributed by atoms with Crippen molar-refractivity contribution in [1.29, 1.82) is 0 Å². The van der Waals surface area contributed by atoms with Crippen molar-refractivity contribution >= 4 is 34.2 Å². The molecule has 12 heteroatoms. The molecule has 6 rings (SSSR count). The molecule has 1 saturated heterocycles. The fraction of sp³-hybridized carbons (Fsp3) is 0.636. The number of piperidine rings is 1. The number of alkyl halides is 2. The topological polar surface area (TPSA) is 104 Å². The molecule has 34 heavy (non-hydrogen) atoms. The number of hydrogen-bond acceptors (Lipinski definition) is 8. The van der Waals surface area contributed by atoms with Gasteiger partial charge in [-0.25, -0.2) is 19.2 Å². The van der Waals surface area contributed by atoms with Crippen LogP contribution in [-0.4, -0.2) is 59.7 Å². The zero-order valence-electron chi connectivity index (χ0n) is 18.4. The third-order valence-electron chi connectivity index (χ3n) is 7.81. The van der Waals surface area contributed by atoms with Crippen molar-refractivity contribution in [2.45, 2.75) is 60.1 Å². The zero-order chi connectivity index (χ0) is 23.7. The fourth-order valence-corrected chi connectivity index (χ4v) is 7.18. The van der Waals surface area contributed by atoms with Gasteiger partial charge in [0.2, 0.25) is 5.95 Å². The Hall–Kier alpha value is -1.98. The summed E-state index contributed by atoms with van der Waals surface area (Å²) in [7, 11) is -2.53. The minimum absolute atomic E-state index is 0.0269. The lowest BCUT2D eigenvalue weighted by molar-refractivity contribution is 0.104. The maximum atomic E-state index is 14.4. The van der Waals surface area contributed by atoms with Gasteiger partial charge in [0.05, 0.1) is 29.3 Å². The number of nitrogens with zero attached hydrogens (tertiary/aromatic N) is 5. The SMILES string of the molecule is O=S1c2c(nc(N3CC4CCC(C3)C4c3ncc(Cl)cn3)nc2NC2(CO)CCC2)CC1(F)F. The van der Waals surface area contributed by atoms with Gasteiger partial charge in [0.1, 0.15) is 27.3 Å². The van der Waals surface area contributed by atoms with Crippen LogP contribution in [0.15, 0.2) is 17.3 Å². The molecule has 3 fully saturated rings. The van der Waals surface area contributed by atoms with Crippen LogP contribution in [0.5, 0.6) is 0 Å². The number of aromatic nitrogens is 4. The molecule has 4 heterocycles. The van der Waals surface area contributed by atoms with E-state index in [-0.39, 0.29) is 28.9 Å². The second-order valence-corrected chi connectivity index (χ2v) is 11.9. The number of rotatable bonds is 5. The molecule has 2 bridgehead atoms. The van der Waals surface area contributed by atoms with Crippen LogP contribution in [0.4, 0.5) is 20.5 Å². The van der Waals surface area contributed by atoms with E-state index in [1.165, 1.54) is 0 Å². The molecule has 0 amide bonds. The molecule has 2 aliphatic heterocycles. The van der Waals surface area contributed by atoms with Crippen LogP contribution in [0.3, 0.4) is 0 Å². The lowest BCUT2D eigenvalue weighted by Crippen LogP contribution is -2.49. The molecular formula is C22H25ClF2N6O2S. The summed E-state index contributed by atoms with van der Waals surface area (Å²) in [6, 6.07) is 0. The summed E-state index contributed by atoms with van der Waals surface area (Å²) in [6.07, 6.45) is 6.94. The first kappa shape index (κ1) is 22.5. The van der Waals surface area contributed by atoms with E-state index < -0.39 is 28.0 Å². The summed E-state index contributed by atoms with van der Waals surface area (Å²) < 4.78 is 41.4. The van der Waals surface area contributed by atoms with Crippen LogP contribution in [0, 0.1) is 11.8 Å². The summed E-state index contributed by atoms with van der Waals surface area (Å²) >= 11 is 5.96. The zero-order valence-corrected chi connectivity index (χ0v) is 20.0. The van der Waals surface area contributed by atoms with Crippen molar-refractivity contribution in [1.82, 2.24) is 19.9 Å². The predicted octanol–water partition coefficient (Wildman–Crippen LogP) is 3.13. The summed E-state index contributed by atoms with van der Waals surface area (Å²) in [5.74, 6) is 2.12. The highest BCUT2D eigenvalue weighted by Gasteiger charge is 2.51. The maximum absolute atomic E-state index is 14.4. The Kier molecular flexibility index (Phi) is 5.31. The van der Waals surface area contributed by atoms with Crippen LogP contribution in [-0.2, 0) is 17.2 Å². The van der Waals surface area contributed by atoms with Gasteiger partial charge in [0, 0.05) is 31.4 Å². The number of anilines is 2. The van der Waals surface area contributed by atoms with E-state index in [9.17, 15) is 18.1 Å². The van der Waals surface area contributed by atoms with Crippen molar-refractivity contribution in [2.75, 3.05) is 29.9 Å². The van der Waals surface area contributed by atoms with Gasteiger partial charge in [-0.15, -0.1) is 0 Å². The van der Waals surface area contributed by atoms with Gasteiger partial charge in [-0.2, -0.15) is 13.8 Å².